The van der Waals surface area contributed by atoms with Gasteiger partial charge in [-0.25, -0.2) is 9.78 Å². The maximum Gasteiger partial charge on any atom is 0.323 e. The molecule has 3 heterocycles. The molecule has 2 aromatic heterocycles. The molecule has 3 rings (SSSR count). The molecule has 1 fully saturated rings. The number of piperidine rings is 1. The molecule has 2 aromatic rings. The van der Waals surface area contributed by atoms with E-state index in [1.54, 1.807) is 18.1 Å². The number of nitrogens with zero attached hydrogens (tertiary/aromatic N) is 3. The van der Waals surface area contributed by atoms with Crippen LogP contribution in [0.2, 0.25) is 0 Å². The van der Waals surface area contributed by atoms with Crippen LogP contribution in [0.1, 0.15) is 37.3 Å². The molecule has 24 heavy (non-hydrogen) atoms. The lowest BCUT2D eigenvalue weighted by Crippen LogP contribution is -2.43. The lowest BCUT2D eigenvalue weighted by molar-refractivity contribution is 0.128. The molecule has 7 nitrogen and oxygen atoms in total. The van der Waals surface area contributed by atoms with E-state index in [0.717, 1.165) is 24.4 Å². The Kier molecular flexibility index (Phi) is 4.42. The van der Waals surface area contributed by atoms with E-state index in [-0.39, 0.29) is 23.5 Å². The number of furan rings is 1. The molecule has 0 bridgehead atoms. The number of aryl methyl sites for hydroxylation is 2. The Hall–Kier alpha value is -2.57. The lowest BCUT2D eigenvalue weighted by atomic mass is 9.91. The van der Waals surface area contributed by atoms with Crippen LogP contribution in [0.3, 0.4) is 0 Å². The number of carbonyl (C=O) groups excluding carboxylic acids is 1. The van der Waals surface area contributed by atoms with Gasteiger partial charge in [0.1, 0.15) is 11.5 Å². The van der Waals surface area contributed by atoms with Gasteiger partial charge in [-0.15, -0.1) is 0 Å². The van der Waals surface area contributed by atoms with Crippen LogP contribution in [0.4, 0.5) is 10.6 Å². The number of nitrogens with one attached hydrogen (secondary N) is 1. The number of likely N-dealkylation sites (tertiary alicyclic amines) is 1. The minimum atomic E-state index is -0.332. The van der Waals surface area contributed by atoms with Gasteiger partial charge in [0.05, 0.1) is 6.04 Å². The molecule has 0 saturated carbocycles. The predicted molar refractivity (Wildman–Crippen MR) is 89.8 cm³/mol. The van der Waals surface area contributed by atoms with E-state index in [4.69, 9.17) is 4.42 Å². The summed E-state index contributed by atoms with van der Waals surface area (Å²) in [5.74, 6) is 2.15. The second-order valence-electron chi connectivity index (χ2n) is 6.41. The highest BCUT2D eigenvalue weighted by molar-refractivity contribution is 5.88. The van der Waals surface area contributed by atoms with Crippen LogP contribution >= 0.6 is 0 Å². The SMILES string of the molecule is Cc1ccc([C@H]2C[C@H](C)CCN2C(=O)Nc2nccn(C)c2=O)o1. The molecule has 2 amide bonds. The van der Waals surface area contributed by atoms with E-state index in [9.17, 15) is 9.59 Å². The van der Waals surface area contributed by atoms with Crippen LogP contribution in [-0.4, -0.2) is 27.0 Å². The summed E-state index contributed by atoms with van der Waals surface area (Å²) >= 11 is 0. The Bertz CT molecular complexity index is 795. The fourth-order valence-electron chi connectivity index (χ4n) is 3.04. The predicted octanol–water partition coefficient (Wildman–Crippen LogP) is 2.69. The molecule has 1 N–H and O–H groups in total. The Labute approximate surface area is 140 Å². The summed E-state index contributed by atoms with van der Waals surface area (Å²) < 4.78 is 7.12. The van der Waals surface area contributed by atoms with Gasteiger partial charge in [0.25, 0.3) is 5.56 Å². The first-order valence-corrected chi connectivity index (χ1v) is 8.11. The first kappa shape index (κ1) is 16.3. The van der Waals surface area contributed by atoms with Crippen LogP contribution in [-0.2, 0) is 7.05 Å². The zero-order chi connectivity index (χ0) is 17.3. The summed E-state index contributed by atoms with van der Waals surface area (Å²) in [5.41, 5.74) is -0.332. The summed E-state index contributed by atoms with van der Waals surface area (Å²) in [4.78, 5) is 30.5. The highest BCUT2D eigenvalue weighted by Gasteiger charge is 2.33. The number of hydrogen-bond acceptors (Lipinski definition) is 4. The molecule has 2 atom stereocenters. The fourth-order valence-corrected chi connectivity index (χ4v) is 3.04. The first-order valence-electron chi connectivity index (χ1n) is 8.11. The van der Waals surface area contributed by atoms with Crippen molar-refractivity contribution < 1.29 is 9.21 Å². The van der Waals surface area contributed by atoms with Gasteiger partial charge in [0.2, 0.25) is 5.82 Å². The Morgan fingerprint density at radius 1 is 1.42 bits per heavy atom. The summed E-state index contributed by atoms with van der Waals surface area (Å²) in [6.07, 6.45) is 4.79. The molecule has 1 saturated heterocycles. The van der Waals surface area contributed by atoms with Crippen molar-refractivity contribution in [2.45, 2.75) is 32.7 Å². The van der Waals surface area contributed by atoms with Gasteiger partial charge < -0.3 is 13.9 Å². The van der Waals surface area contributed by atoms with Gasteiger partial charge in [-0.2, -0.15) is 0 Å². The number of carbonyl (C=O) groups is 1. The van der Waals surface area contributed by atoms with Gasteiger partial charge in [-0.3, -0.25) is 10.1 Å². The molecule has 128 valence electrons. The quantitative estimate of drug-likeness (QED) is 0.918. The molecular weight excluding hydrogens is 308 g/mol. The monoisotopic (exact) mass is 330 g/mol. The fraction of sp³-hybridized carbons (Fsp3) is 0.471. The Balaban J connectivity index is 1.83. The number of rotatable bonds is 2. The summed E-state index contributed by atoms with van der Waals surface area (Å²) in [6.45, 7) is 4.68. The topological polar surface area (TPSA) is 80.4 Å². The Morgan fingerprint density at radius 3 is 2.92 bits per heavy atom. The van der Waals surface area contributed by atoms with Crippen molar-refractivity contribution in [2.75, 3.05) is 11.9 Å². The smallest absolute Gasteiger partial charge is 0.323 e. The third-order valence-corrected chi connectivity index (χ3v) is 4.46. The van der Waals surface area contributed by atoms with Gasteiger partial charge in [-0.05, 0) is 37.8 Å². The van der Waals surface area contributed by atoms with Crippen molar-refractivity contribution in [3.05, 3.63) is 46.4 Å². The number of urea groups is 1. The van der Waals surface area contributed by atoms with Crippen LogP contribution in [0.15, 0.2) is 33.7 Å². The van der Waals surface area contributed by atoms with Crippen molar-refractivity contribution in [3.63, 3.8) is 0 Å². The van der Waals surface area contributed by atoms with Crippen LogP contribution in [0, 0.1) is 12.8 Å². The summed E-state index contributed by atoms with van der Waals surface area (Å²) in [7, 11) is 1.62. The molecule has 0 aliphatic carbocycles. The molecule has 0 spiro atoms. The van der Waals surface area contributed by atoms with Crippen molar-refractivity contribution in [1.82, 2.24) is 14.5 Å². The number of amides is 2. The maximum atomic E-state index is 12.7. The molecule has 0 unspecified atom stereocenters. The zero-order valence-electron chi connectivity index (χ0n) is 14.2. The molecule has 0 radical (unpaired) electrons. The van der Waals surface area contributed by atoms with E-state index < -0.39 is 0 Å². The van der Waals surface area contributed by atoms with Crippen LogP contribution in [0.25, 0.3) is 0 Å². The van der Waals surface area contributed by atoms with Gasteiger partial charge in [-0.1, -0.05) is 6.92 Å². The van der Waals surface area contributed by atoms with E-state index in [1.165, 1.54) is 10.8 Å². The van der Waals surface area contributed by atoms with Gasteiger partial charge in [0.15, 0.2) is 0 Å². The highest BCUT2D eigenvalue weighted by atomic mass is 16.3. The minimum Gasteiger partial charge on any atom is -0.464 e. The average molecular weight is 330 g/mol. The third-order valence-electron chi connectivity index (χ3n) is 4.46. The maximum absolute atomic E-state index is 12.7. The first-order chi connectivity index (χ1) is 11.5. The largest absolute Gasteiger partial charge is 0.464 e. The Morgan fingerprint density at radius 2 is 2.21 bits per heavy atom. The van der Waals surface area contributed by atoms with Crippen molar-refractivity contribution in [3.8, 4) is 0 Å². The second-order valence-corrected chi connectivity index (χ2v) is 6.41. The minimum absolute atomic E-state index is 0.0398. The van der Waals surface area contributed by atoms with Crippen molar-refractivity contribution in [2.24, 2.45) is 13.0 Å². The van der Waals surface area contributed by atoms with Gasteiger partial charge in [0, 0.05) is 26.0 Å². The molecule has 1 aliphatic heterocycles. The lowest BCUT2D eigenvalue weighted by Gasteiger charge is -2.37. The summed E-state index contributed by atoms with van der Waals surface area (Å²) in [6, 6.07) is 3.36. The van der Waals surface area contributed by atoms with E-state index in [2.05, 4.69) is 17.2 Å². The number of aromatic nitrogens is 2. The van der Waals surface area contributed by atoms with Crippen LogP contribution < -0.4 is 10.9 Å². The molecule has 0 aromatic carbocycles. The molecular formula is C17H22N4O3. The highest BCUT2D eigenvalue weighted by Crippen LogP contribution is 2.35. The number of hydrogen-bond donors (Lipinski definition) is 1. The van der Waals surface area contributed by atoms with E-state index in [0.29, 0.717) is 12.5 Å². The summed E-state index contributed by atoms with van der Waals surface area (Å²) in [5, 5.41) is 2.64. The standard InChI is InChI=1S/C17H22N4O3/c1-11-6-8-21(13(10-11)14-5-4-12(2)24-14)17(23)19-15-16(22)20(3)9-7-18-15/h4-5,7,9,11,13H,6,8,10H2,1-3H3,(H,18,19,23)/t11-,13-/m1/s1. The third kappa shape index (κ3) is 3.20. The average Bonchev–Trinajstić information content (AvgIpc) is 2.98. The second kappa shape index (κ2) is 6.51. The van der Waals surface area contributed by atoms with Gasteiger partial charge >= 0.3 is 6.03 Å². The zero-order valence-corrected chi connectivity index (χ0v) is 14.2. The van der Waals surface area contributed by atoms with Crippen molar-refractivity contribution in [1.29, 1.82) is 0 Å². The van der Waals surface area contributed by atoms with E-state index in [1.807, 2.05) is 19.1 Å². The van der Waals surface area contributed by atoms with Crippen LogP contribution in [0.5, 0.6) is 0 Å². The van der Waals surface area contributed by atoms with Crippen molar-refractivity contribution >= 4 is 11.8 Å². The molecule has 1 aliphatic rings. The van der Waals surface area contributed by atoms with E-state index >= 15 is 0 Å². The normalized spacial score (nSPS) is 20.9. The number of anilines is 1. The molecule has 7 heteroatoms.